The van der Waals surface area contributed by atoms with Crippen molar-refractivity contribution in [2.75, 3.05) is 19.6 Å². The van der Waals surface area contributed by atoms with E-state index in [0.717, 1.165) is 43.3 Å². The lowest BCUT2D eigenvalue weighted by atomic mass is 9.82. The Labute approximate surface area is 135 Å². The third-order valence-corrected chi connectivity index (χ3v) is 4.54. The van der Waals surface area contributed by atoms with Crippen LogP contribution in [0.15, 0.2) is 4.99 Å². The van der Waals surface area contributed by atoms with Gasteiger partial charge in [0, 0.05) is 19.6 Å². The maximum absolute atomic E-state index is 6.14. The van der Waals surface area contributed by atoms with Crippen molar-refractivity contribution in [3.8, 4) is 0 Å². The normalized spacial score (nSPS) is 32.8. The fourth-order valence-electron chi connectivity index (χ4n) is 3.45. The number of aliphatic imine (C=N–C) groups is 1. The van der Waals surface area contributed by atoms with Crippen molar-refractivity contribution in [3.63, 3.8) is 0 Å². The van der Waals surface area contributed by atoms with Gasteiger partial charge in [-0.25, -0.2) is 0 Å². The smallest absolute Gasteiger partial charge is 0.191 e. The second-order valence-corrected chi connectivity index (χ2v) is 6.53. The minimum Gasteiger partial charge on any atom is -0.370 e. The molecule has 3 unspecified atom stereocenters. The Hall–Kier alpha value is 0. The van der Waals surface area contributed by atoms with Crippen LogP contribution >= 0.6 is 24.0 Å². The van der Waals surface area contributed by atoms with Crippen LogP contribution in [0, 0.1) is 17.8 Å². The number of rotatable bonds is 2. The molecule has 0 amide bonds. The monoisotopic (exact) mass is 379 g/mol. The number of nitrogens with zero attached hydrogens (tertiary/aromatic N) is 2. The molecule has 0 bridgehead atoms. The molecule has 1 heterocycles. The van der Waals surface area contributed by atoms with Crippen molar-refractivity contribution in [2.24, 2.45) is 28.5 Å². The van der Waals surface area contributed by atoms with E-state index in [2.05, 4.69) is 23.7 Å². The van der Waals surface area contributed by atoms with Crippen molar-refractivity contribution in [3.05, 3.63) is 0 Å². The summed E-state index contributed by atoms with van der Waals surface area (Å²) in [6.45, 7) is 7.81. The summed E-state index contributed by atoms with van der Waals surface area (Å²) in [6.07, 6.45) is 8.06. The number of likely N-dealkylation sites (tertiary alicyclic amines) is 1. The fourth-order valence-corrected chi connectivity index (χ4v) is 3.45. The molecule has 0 aromatic rings. The molecule has 0 aromatic carbocycles. The summed E-state index contributed by atoms with van der Waals surface area (Å²) in [5.41, 5.74) is 6.14. The highest BCUT2D eigenvalue weighted by Crippen LogP contribution is 2.28. The zero-order valence-corrected chi connectivity index (χ0v) is 14.8. The van der Waals surface area contributed by atoms with Crippen LogP contribution in [0.3, 0.4) is 0 Å². The van der Waals surface area contributed by atoms with Crippen LogP contribution in [0.25, 0.3) is 0 Å². The molecular weight excluding hydrogens is 349 g/mol. The predicted octanol–water partition coefficient (Wildman–Crippen LogP) is 3.48. The Morgan fingerprint density at radius 3 is 2.58 bits per heavy atom. The molecule has 3 nitrogen and oxygen atoms in total. The number of hydrogen-bond acceptors (Lipinski definition) is 1. The van der Waals surface area contributed by atoms with E-state index in [1.54, 1.807) is 0 Å². The van der Waals surface area contributed by atoms with Gasteiger partial charge >= 0.3 is 0 Å². The van der Waals surface area contributed by atoms with E-state index in [1.807, 2.05) is 0 Å². The maximum Gasteiger partial charge on any atom is 0.191 e. The molecule has 1 aliphatic carbocycles. The summed E-state index contributed by atoms with van der Waals surface area (Å²) >= 11 is 0. The van der Waals surface area contributed by atoms with Crippen LogP contribution in [-0.4, -0.2) is 30.5 Å². The summed E-state index contributed by atoms with van der Waals surface area (Å²) < 4.78 is 0. The first kappa shape index (κ1) is 17.1. The zero-order chi connectivity index (χ0) is 13.0. The number of hydrogen-bond donors (Lipinski definition) is 1. The van der Waals surface area contributed by atoms with Gasteiger partial charge in [0.05, 0.1) is 0 Å². The Balaban J connectivity index is 0.00000180. The van der Waals surface area contributed by atoms with Gasteiger partial charge in [0.15, 0.2) is 5.96 Å². The summed E-state index contributed by atoms with van der Waals surface area (Å²) in [5, 5.41) is 0. The topological polar surface area (TPSA) is 41.6 Å². The molecule has 2 fully saturated rings. The van der Waals surface area contributed by atoms with E-state index < -0.39 is 0 Å². The second-order valence-electron chi connectivity index (χ2n) is 6.53. The first-order valence-electron chi connectivity index (χ1n) is 7.70. The molecule has 19 heavy (non-hydrogen) atoms. The summed E-state index contributed by atoms with van der Waals surface area (Å²) in [6, 6.07) is 0. The lowest BCUT2D eigenvalue weighted by Crippen LogP contribution is -2.43. The fraction of sp³-hybridized carbons (Fsp3) is 0.933. The quantitative estimate of drug-likeness (QED) is 0.454. The standard InChI is InChI=1S/C15H29N3.HI/c1-12-5-3-7-14(9-12)10-17-15(16)18-8-4-6-13(2)11-18;/h12-14H,3-11H2,1-2H3,(H2,16,17);1H. The van der Waals surface area contributed by atoms with Gasteiger partial charge in [0.2, 0.25) is 0 Å². The van der Waals surface area contributed by atoms with Gasteiger partial charge in [-0.05, 0) is 43.4 Å². The molecule has 4 heteroatoms. The van der Waals surface area contributed by atoms with Gasteiger partial charge in [-0.3, -0.25) is 4.99 Å². The van der Waals surface area contributed by atoms with Crippen LogP contribution < -0.4 is 5.73 Å². The average Bonchev–Trinajstić information content (AvgIpc) is 2.36. The largest absolute Gasteiger partial charge is 0.370 e. The van der Waals surface area contributed by atoms with Gasteiger partial charge in [-0.15, -0.1) is 24.0 Å². The first-order valence-corrected chi connectivity index (χ1v) is 7.70. The molecule has 0 aromatic heterocycles. The lowest BCUT2D eigenvalue weighted by Gasteiger charge is -2.32. The summed E-state index contributed by atoms with van der Waals surface area (Å²) in [5.74, 6) is 3.21. The highest BCUT2D eigenvalue weighted by Gasteiger charge is 2.20. The van der Waals surface area contributed by atoms with Crippen LogP contribution in [0.1, 0.15) is 52.4 Å². The van der Waals surface area contributed by atoms with E-state index in [-0.39, 0.29) is 24.0 Å². The van der Waals surface area contributed by atoms with E-state index >= 15 is 0 Å². The van der Waals surface area contributed by atoms with Crippen LogP contribution in [0.2, 0.25) is 0 Å². The molecule has 2 aliphatic rings. The number of piperidine rings is 1. The van der Waals surface area contributed by atoms with Crippen molar-refractivity contribution >= 4 is 29.9 Å². The molecule has 0 spiro atoms. The van der Waals surface area contributed by atoms with Gasteiger partial charge in [0.25, 0.3) is 0 Å². The highest BCUT2D eigenvalue weighted by molar-refractivity contribution is 14.0. The molecule has 2 N–H and O–H groups in total. The average molecular weight is 379 g/mol. The third-order valence-electron chi connectivity index (χ3n) is 4.54. The van der Waals surface area contributed by atoms with Crippen LogP contribution in [-0.2, 0) is 0 Å². The van der Waals surface area contributed by atoms with E-state index in [9.17, 15) is 0 Å². The maximum atomic E-state index is 6.14. The molecule has 2 rings (SSSR count). The molecule has 1 saturated carbocycles. The van der Waals surface area contributed by atoms with E-state index in [0.29, 0.717) is 0 Å². The molecule has 3 atom stereocenters. The van der Waals surface area contributed by atoms with Gasteiger partial charge < -0.3 is 10.6 Å². The number of nitrogens with two attached hydrogens (primary N) is 1. The van der Waals surface area contributed by atoms with Crippen molar-refractivity contribution in [2.45, 2.75) is 52.4 Å². The number of guanidine groups is 1. The van der Waals surface area contributed by atoms with Crippen molar-refractivity contribution < 1.29 is 0 Å². The van der Waals surface area contributed by atoms with Crippen LogP contribution in [0.4, 0.5) is 0 Å². The van der Waals surface area contributed by atoms with Crippen LogP contribution in [0.5, 0.6) is 0 Å². The Kier molecular flexibility index (Phi) is 7.47. The van der Waals surface area contributed by atoms with Crippen molar-refractivity contribution in [1.82, 2.24) is 4.90 Å². The molecule has 0 radical (unpaired) electrons. The Bertz CT molecular complexity index is 293. The lowest BCUT2D eigenvalue weighted by molar-refractivity contribution is 0.266. The molecular formula is C15H30IN3. The summed E-state index contributed by atoms with van der Waals surface area (Å²) in [4.78, 5) is 6.94. The summed E-state index contributed by atoms with van der Waals surface area (Å²) in [7, 11) is 0. The third kappa shape index (κ3) is 5.48. The predicted molar refractivity (Wildman–Crippen MR) is 93.0 cm³/mol. The Morgan fingerprint density at radius 1 is 1.16 bits per heavy atom. The minimum absolute atomic E-state index is 0. The number of halogens is 1. The van der Waals surface area contributed by atoms with E-state index in [1.165, 1.54) is 38.5 Å². The van der Waals surface area contributed by atoms with Gasteiger partial charge in [-0.1, -0.05) is 26.7 Å². The van der Waals surface area contributed by atoms with Gasteiger partial charge in [-0.2, -0.15) is 0 Å². The second kappa shape index (κ2) is 8.32. The molecule has 1 saturated heterocycles. The SMILES string of the molecule is CC1CCCC(CN=C(N)N2CCCC(C)C2)C1.I. The molecule has 1 aliphatic heterocycles. The minimum atomic E-state index is 0. The Morgan fingerprint density at radius 2 is 1.89 bits per heavy atom. The zero-order valence-electron chi connectivity index (χ0n) is 12.5. The van der Waals surface area contributed by atoms with Gasteiger partial charge in [0.1, 0.15) is 0 Å². The highest BCUT2D eigenvalue weighted by atomic mass is 127. The first-order chi connectivity index (χ1) is 8.65. The van der Waals surface area contributed by atoms with E-state index in [4.69, 9.17) is 5.73 Å². The molecule has 112 valence electrons. The van der Waals surface area contributed by atoms with Crippen molar-refractivity contribution in [1.29, 1.82) is 0 Å².